The van der Waals surface area contributed by atoms with Gasteiger partial charge in [0.25, 0.3) is 0 Å². The Kier molecular flexibility index (Phi) is 3.23. The molecule has 0 aliphatic rings. The molecule has 2 heteroatoms. The predicted molar refractivity (Wildman–Crippen MR) is 48.5 cm³/mol. The van der Waals surface area contributed by atoms with E-state index in [0.29, 0.717) is 0 Å². The minimum Gasteiger partial charge on any atom is -0.313 e. The average Bonchev–Trinajstić information content (AvgIpc) is 2.07. The summed E-state index contributed by atoms with van der Waals surface area (Å²) in [5.74, 6) is -0.159. The standard InChI is InChI=1S/C10H14FN/c1-3-12-7-9-6-10(11)5-4-8(9)2/h4-6,12H,3,7H2,1-2H3. The minimum atomic E-state index is -0.159. The number of halogens is 1. The lowest BCUT2D eigenvalue weighted by Crippen LogP contribution is -2.12. The van der Waals surface area contributed by atoms with Gasteiger partial charge in [0.05, 0.1) is 0 Å². The Balaban J connectivity index is 2.75. The maximum Gasteiger partial charge on any atom is 0.123 e. The van der Waals surface area contributed by atoms with Crippen LogP contribution in [0.1, 0.15) is 18.1 Å². The molecule has 0 fully saturated rings. The van der Waals surface area contributed by atoms with Crippen LogP contribution in [-0.4, -0.2) is 6.54 Å². The summed E-state index contributed by atoms with van der Waals surface area (Å²) in [6.07, 6.45) is 0. The monoisotopic (exact) mass is 167 g/mol. The van der Waals surface area contributed by atoms with Gasteiger partial charge in [0, 0.05) is 6.54 Å². The SMILES string of the molecule is CCNCc1cc(F)ccc1C. The fourth-order valence-electron chi connectivity index (χ4n) is 1.09. The molecule has 0 saturated carbocycles. The van der Waals surface area contributed by atoms with Gasteiger partial charge in [-0.15, -0.1) is 0 Å². The molecule has 66 valence electrons. The third-order valence-corrected chi connectivity index (χ3v) is 1.88. The second-order valence-electron chi connectivity index (χ2n) is 2.85. The van der Waals surface area contributed by atoms with Gasteiger partial charge < -0.3 is 5.32 Å². The van der Waals surface area contributed by atoms with Crippen LogP contribution in [0.4, 0.5) is 4.39 Å². The Hall–Kier alpha value is -0.890. The van der Waals surface area contributed by atoms with E-state index in [9.17, 15) is 4.39 Å². The van der Waals surface area contributed by atoms with E-state index in [1.54, 1.807) is 6.07 Å². The summed E-state index contributed by atoms with van der Waals surface area (Å²) in [6.45, 7) is 5.69. The molecule has 0 heterocycles. The quantitative estimate of drug-likeness (QED) is 0.728. The molecular weight excluding hydrogens is 153 g/mol. The molecule has 0 radical (unpaired) electrons. The Labute approximate surface area is 72.6 Å². The second-order valence-corrected chi connectivity index (χ2v) is 2.85. The highest BCUT2D eigenvalue weighted by Gasteiger charge is 1.98. The van der Waals surface area contributed by atoms with Gasteiger partial charge in [0.1, 0.15) is 5.82 Å². The zero-order valence-electron chi connectivity index (χ0n) is 7.52. The highest BCUT2D eigenvalue weighted by molar-refractivity contribution is 5.26. The van der Waals surface area contributed by atoms with E-state index in [0.717, 1.165) is 24.2 Å². The van der Waals surface area contributed by atoms with Crippen LogP contribution in [-0.2, 0) is 6.54 Å². The topological polar surface area (TPSA) is 12.0 Å². The van der Waals surface area contributed by atoms with Crippen LogP contribution >= 0.6 is 0 Å². The molecule has 0 aliphatic carbocycles. The Morgan fingerprint density at radius 3 is 2.83 bits per heavy atom. The molecule has 1 aromatic carbocycles. The largest absolute Gasteiger partial charge is 0.313 e. The molecular formula is C10H14FN. The Morgan fingerprint density at radius 1 is 1.42 bits per heavy atom. The number of nitrogens with one attached hydrogen (secondary N) is 1. The lowest BCUT2D eigenvalue weighted by atomic mass is 10.1. The molecule has 0 saturated heterocycles. The maximum atomic E-state index is 12.7. The first kappa shape index (κ1) is 9.20. The van der Waals surface area contributed by atoms with Gasteiger partial charge in [-0.05, 0) is 36.7 Å². The van der Waals surface area contributed by atoms with Crippen molar-refractivity contribution >= 4 is 0 Å². The molecule has 0 unspecified atom stereocenters. The summed E-state index contributed by atoms with van der Waals surface area (Å²) < 4.78 is 12.7. The van der Waals surface area contributed by atoms with E-state index >= 15 is 0 Å². The predicted octanol–water partition coefficient (Wildman–Crippen LogP) is 2.24. The number of aryl methyl sites for hydroxylation is 1. The van der Waals surface area contributed by atoms with Crippen molar-refractivity contribution in [1.82, 2.24) is 5.32 Å². The van der Waals surface area contributed by atoms with Crippen molar-refractivity contribution in [3.05, 3.63) is 35.1 Å². The molecule has 0 amide bonds. The van der Waals surface area contributed by atoms with Crippen LogP contribution in [0.15, 0.2) is 18.2 Å². The molecule has 0 bridgehead atoms. The molecule has 0 aliphatic heterocycles. The summed E-state index contributed by atoms with van der Waals surface area (Å²) in [7, 11) is 0. The molecule has 0 aromatic heterocycles. The van der Waals surface area contributed by atoms with Gasteiger partial charge in [-0.2, -0.15) is 0 Å². The van der Waals surface area contributed by atoms with Crippen LogP contribution in [0.2, 0.25) is 0 Å². The van der Waals surface area contributed by atoms with E-state index in [1.165, 1.54) is 6.07 Å². The summed E-state index contributed by atoms with van der Waals surface area (Å²) in [6, 6.07) is 4.88. The molecule has 1 nitrogen and oxygen atoms in total. The third kappa shape index (κ3) is 2.31. The van der Waals surface area contributed by atoms with Crippen LogP contribution in [0.25, 0.3) is 0 Å². The highest BCUT2D eigenvalue weighted by atomic mass is 19.1. The van der Waals surface area contributed by atoms with Crippen molar-refractivity contribution in [3.8, 4) is 0 Å². The van der Waals surface area contributed by atoms with Crippen molar-refractivity contribution in [2.45, 2.75) is 20.4 Å². The lowest BCUT2D eigenvalue weighted by molar-refractivity contribution is 0.621. The third-order valence-electron chi connectivity index (χ3n) is 1.88. The van der Waals surface area contributed by atoms with Gasteiger partial charge in [0.2, 0.25) is 0 Å². The first-order valence-electron chi connectivity index (χ1n) is 4.19. The average molecular weight is 167 g/mol. The zero-order chi connectivity index (χ0) is 8.97. The van der Waals surface area contributed by atoms with E-state index in [2.05, 4.69) is 5.32 Å². The summed E-state index contributed by atoms with van der Waals surface area (Å²) >= 11 is 0. The second kappa shape index (κ2) is 4.21. The molecule has 1 aromatic rings. The van der Waals surface area contributed by atoms with E-state index in [1.807, 2.05) is 19.9 Å². The fraction of sp³-hybridized carbons (Fsp3) is 0.400. The van der Waals surface area contributed by atoms with Crippen LogP contribution in [0.5, 0.6) is 0 Å². The molecule has 0 spiro atoms. The minimum absolute atomic E-state index is 0.159. The van der Waals surface area contributed by atoms with Crippen molar-refractivity contribution in [2.24, 2.45) is 0 Å². The smallest absolute Gasteiger partial charge is 0.123 e. The first-order valence-corrected chi connectivity index (χ1v) is 4.19. The zero-order valence-corrected chi connectivity index (χ0v) is 7.52. The Morgan fingerprint density at radius 2 is 2.17 bits per heavy atom. The van der Waals surface area contributed by atoms with Crippen molar-refractivity contribution in [2.75, 3.05) is 6.54 Å². The van der Waals surface area contributed by atoms with E-state index < -0.39 is 0 Å². The van der Waals surface area contributed by atoms with Crippen molar-refractivity contribution < 1.29 is 4.39 Å². The first-order chi connectivity index (χ1) is 5.74. The summed E-state index contributed by atoms with van der Waals surface area (Å²) in [4.78, 5) is 0. The number of hydrogen-bond donors (Lipinski definition) is 1. The molecule has 0 atom stereocenters. The highest BCUT2D eigenvalue weighted by Crippen LogP contribution is 2.09. The van der Waals surface area contributed by atoms with Crippen molar-refractivity contribution in [1.29, 1.82) is 0 Å². The fourth-order valence-corrected chi connectivity index (χ4v) is 1.09. The maximum absolute atomic E-state index is 12.7. The number of benzene rings is 1. The Bertz CT molecular complexity index is 258. The summed E-state index contributed by atoms with van der Waals surface area (Å²) in [5.41, 5.74) is 2.18. The number of hydrogen-bond acceptors (Lipinski definition) is 1. The van der Waals surface area contributed by atoms with Gasteiger partial charge >= 0.3 is 0 Å². The molecule has 1 N–H and O–H groups in total. The van der Waals surface area contributed by atoms with Gasteiger partial charge in [-0.3, -0.25) is 0 Å². The normalized spacial score (nSPS) is 10.2. The van der Waals surface area contributed by atoms with Crippen molar-refractivity contribution in [3.63, 3.8) is 0 Å². The van der Waals surface area contributed by atoms with Crippen LogP contribution < -0.4 is 5.32 Å². The lowest BCUT2D eigenvalue weighted by Gasteiger charge is -2.05. The van der Waals surface area contributed by atoms with Crippen LogP contribution in [0.3, 0.4) is 0 Å². The molecule has 1 rings (SSSR count). The van der Waals surface area contributed by atoms with Gasteiger partial charge in [-0.1, -0.05) is 13.0 Å². The van der Waals surface area contributed by atoms with Gasteiger partial charge in [0.15, 0.2) is 0 Å². The summed E-state index contributed by atoms with van der Waals surface area (Å²) in [5, 5.41) is 3.17. The van der Waals surface area contributed by atoms with E-state index in [-0.39, 0.29) is 5.82 Å². The molecule has 12 heavy (non-hydrogen) atoms. The number of rotatable bonds is 3. The van der Waals surface area contributed by atoms with Gasteiger partial charge in [-0.25, -0.2) is 4.39 Å². The van der Waals surface area contributed by atoms with E-state index in [4.69, 9.17) is 0 Å². The van der Waals surface area contributed by atoms with Crippen LogP contribution in [0, 0.1) is 12.7 Å².